The Bertz CT molecular complexity index is 3440. The minimum atomic E-state index is 0.913. The summed E-state index contributed by atoms with van der Waals surface area (Å²) < 4.78 is 11.6. The molecule has 12 rings (SSSR count). The zero-order chi connectivity index (χ0) is 38.2. The summed E-state index contributed by atoms with van der Waals surface area (Å²) in [5.41, 5.74) is 13.8. The molecule has 0 bridgehead atoms. The molecule has 0 atom stereocenters. The SMILES string of the molecule is C1=C(c2ccccc2)CCC(N(c2ccc(-c3cccc4c3oc3ccccc34)cc2)c2ccc3c4c5sc6ccccc6c5ccc4n(-c4ccccc4)c3c2)=C1. The molecule has 0 amide bonds. The van der Waals surface area contributed by atoms with E-state index in [0.29, 0.717) is 0 Å². The van der Waals surface area contributed by atoms with Crippen LogP contribution >= 0.6 is 11.3 Å². The Kier molecular flexibility index (Phi) is 7.54. The van der Waals surface area contributed by atoms with Crippen molar-refractivity contribution in [3.05, 3.63) is 205 Å². The second-order valence-electron chi connectivity index (χ2n) is 15.2. The van der Waals surface area contributed by atoms with E-state index in [1.54, 1.807) is 0 Å². The Morgan fingerprint density at radius 3 is 2.05 bits per heavy atom. The number of aromatic nitrogens is 1. The van der Waals surface area contributed by atoms with Crippen molar-refractivity contribution in [2.75, 3.05) is 4.90 Å². The van der Waals surface area contributed by atoms with Crippen LogP contribution in [-0.4, -0.2) is 4.57 Å². The molecule has 0 aliphatic heterocycles. The molecule has 0 fully saturated rings. The number of fused-ring (bicyclic) bond motifs is 10. The van der Waals surface area contributed by atoms with E-state index in [4.69, 9.17) is 4.42 Å². The largest absolute Gasteiger partial charge is 0.455 e. The minimum absolute atomic E-state index is 0.913. The van der Waals surface area contributed by atoms with Crippen LogP contribution in [0.25, 0.3) is 86.3 Å². The normalized spacial score (nSPS) is 13.2. The molecule has 0 spiro atoms. The minimum Gasteiger partial charge on any atom is -0.455 e. The summed E-state index contributed by atoms with van der Waals surface area (Å²) in [4.78, 5) is 2.46. The lowest BCUT2D eigenvalue weighted by molar-refractivity contribution is 0.670. The molecular formula is C54H36N2OS. The van der Waals surface area contributed by atoms with Gasteiger partial charge in [0.05, 0.1) is 11.0 Å². The first-order valence-corrected chi connectivity index (χ1v) is 20.8. The second-order valence-corrected chi connectivity index (χ2v) is 16.2. The average molecular weight is 761 g/mol. The van der Waals surface area contributed by atoms with Gasteiger partial charge in [-0.3, -0.25) is 0 Å². The summed E-state index contributed by atoms with van der Waals surface area (Å²) in [6, 6.07) is 65.9. The molecule has 3 aromatic heterocycles. The van der Waals surface area contributed by atoms with E-state index in [-0.39, 0.29) is 0 Å². The van der Waals surface area contributed by atoms with E-state index >= 15 is 0 Å². The van der Waals surface area contributed by atoms with E-state index in [2.05, 4.69) is 198 Å². The first-order chi connectivity index (χ1) is 28.8. The number of benzene rings is 8. The molecule has 11 aromatic rings. The Balaban J connectivity index is 1.05. The summed E-state index contributed by atoms with van der Waals surface area (Å²) in [6.07, 6.45) is 6.53. The maximum atomic E-state index is 6.46. The topological polar surface area (TPSA) is 21.3 Å². The first kappa shape index (κ1) is 33.0. The number of thiophene rings is 1. The maximum absolute atomic E-state index is 6.46. The van der Waals surface area contributed by atoms with Crippen molar-refractivity contribution in [3.8, 4) is 16.8 Å². The van der Waals surface area contributed by atoms with Crippen LogP contribution in [-0.2, 0) is 0 Å². The monoisotopic (exact) mass is 760 g/mol. The van der Waals surface area contributed by atoms with Gasteiger partial charge in [0, 0.05) is 70.0 Å². The second kappa shape index (κ2) is 13.2. The summed E-state index contributed by atoms with van der Waals surface area (Å²) >= 11 is 1.90. The third-order valence-corrected chi connectivity index (χ3v) is 13.1. The molecule has 3 heterocycles. The predicted molar refractivity (Wildman–Crippen MR) is 247 cm³/mol. The average Bonchev–Trinajstić information content (AvgIpc) is 3.97. The third kappa shape index (κ3) is 5.19. The smallest absolute Gasteiger partial charge is 0.143 e. The van der Waals surface area contributed by atoms with Crippen LogP contribution in [0.2, 0.25) is 0 Å². The Morgan fingerprint density at radius 2 is 1.22 bits per heavy atom. The number of anilines is 2. The molecule has 8 aromatic carbocycles. The highest BCUT2D eigenvalue weighted by molar-refractivity contribution is 7.26. The zero-order valence-electron chi connectivity index (χ0n) is 31.6. The van der Waals surface area contributed by atoms with Crippen LogP contribution in [0.15, 0.2) is 204 Å². The van der Waals surface area contributed by atoms with Crippen molar-refractivity contribution in [2.45, 2.75) is 12.8 Å². The Morgan fingerprint density at radius 1 is 0.500 bits per heavy atom. The standard InChI is InChI=1S/C54H36N2OS/c1-3-12-35(13-4-1)36-22-26-39(27-23-36)55(40-28-24-37(25-29-40)42-18-11-19-45-43-16-7-9-20-50(43)57-53(42)45)41-30-31-47-49(34-41)56(38-14-5-2-6-15-38)48-33-32-46-44-17-8-10-21-51(44)58-54(46)52(47)48/h1-22,24-26,28-34H,23,27H2. The van der Waals surface area contributed by atoms with Crippen LogP contribution in [0.3, 0.4) is 0 Å². The van der Waals surface area contributed by atoms with Crippen molar-refractivity contribution in [2.24, 2.45) is 0 Å². The fourth-order valence-electron chi connectivity index (χ4n) is 9.22. The molecule has 1 aliphatic carbocycles. The summed E-state index contributed by atoms with van der Waals surface area (Å²) in [6.45, 7) is 0. The van der Waals surface area contributed by atoms with Gasteiger partial charge in [-0.15, -0.1) is 11.3 Å². The third-order valence-electron chi connectivity index (χ3n) is 11.9. The zero-order valence-corrected chi connectivity index (χ0v) is 32.4. The number of allylic oxidation sites excluding steroid dienone is 4. The van der Waals surface area contributed by atoms with E-state index in [0.717, 1.165) is 63.0 Å². The van der Waals surface area contributed by atoms with Crippen LogP contribution < -0.4 is 4.90 Å². The van der Waals surface area contributed by atoms with Gasteiger partial charge >= 0.3 is 0 Å². The quantitative estimate of drug-likeness (QED) is 0.168. The van der Waals surface area contributed by atoms with Gasteiger partial charge in [-0.2, -0.15) is 0 Å². The van der Waals surface area contributed by atoms with Gasteiger partial charge in [0.2, 0.25) is 0 Å². The van der Waals surface area contributed by atoms with Crippen LogP contribution in [0, 0.1) is 0 Å². The predicted octanol–water partition coefficient (Wildman–Crippen LogP) is 15.6. The van der Waals surface area contributed by atoms with Crippen molar-refractivity contribution in [1.29, 1.82) is 0 Å². The van der Waals surface area contributed by atoms with E-state index in [1.165, 1.54) is 58.8 Å². The molecule has 0 N–H and O–H groups in total. The van der Waals surface area contributed by atoms with Crippen molar-refractivity contribution in [3.63, 3.8) is 0 Å². The molecule has 58 heavy (non-hydrogen) atoms. The van der Waals surface area contributed by atoms with Gasteiger partial charge in [-0.1, -0.05) is 133 Å². The number of furan rings is 1. The molecule has 3 nitrogen and oxygen atoms in total. The molecular weight excluding hydrogens is 725 g/mol. The highest BCUT2D eigenvalue weighted by Crippen LogP contribution is 2.46. The van der Waals surface area contributed by atoms with Gasteiger partial charge in [0.1, 0.15) is 11.2 Å². The molecule has 0 radical (unpaired) electrons. The number of rotatable bonds is 6. The number of hydrogen-bond donors (Lipinski definition) is 0. The molecule has 1 aliphatic rings. The van der Waals surface area contributed by atoms with Gasteiger partial charge in [-0.05, 0) is 90.2 Å². The number of para-hydroxylation sites is 3. The van der Waals surface area contributed by atoms with E-state index in [9.17, 15) is 0 Å². The Hall–Kier alpha value is -7.14. The van der Waals surface area contributed by atoms with Crippen LogP contribution in [0.1, 0.15) is 18.4 Å². The molecule has 0 unspecified atom stereocenters. The van der Waals surface area contributed by atoms with Gasteiger partial charge in [0.25, 0.3) is 0 Å². The number of hydrogen-bond acceptors (Lipinski definition) is 3. The Labute approximate surface area is 339 Å². The molecule has 4 heteroatoms. The van der Waals surface area contributed by atoms with Gasteiger partial charge in [0.15, 0.2) is 0 Å². The summed E-state index contributed by atoms with van der Waals surface area (Å²) in [5.74, 6) is 0. The van der Waals surface area contributed by atoms with Crippen molar-refractivity contribution >= 4 is 92.2 Å². The van der Waals surface area contributed by atoms with Crippen LogP contribution in [0.4, 0.5) is 11.4 Å². The molecule has 274 valence electrons. The van der Waals surface area contributed by atoms with Gasteiger partial charge < -0.3 is 13.9 Å². The van der Waals surface area contributed by atoms with Gasteiger partial charge in [-0.25, -0.2) is 0 Å². The summed E-state index contributed by atoms with van der Waals surface area (Å²) in [7, 11) is 0. The lowest BCUT2D eigenvalue weighted by atomic mass is 9.95. The lowest BCUT2D eigenvalue weighted by Gasteiger charge is -2.30. The van der Waals surface area contributed by atoms with Crippen molar-refractivity contribution < 1.29 is 4.42 Å². The lowest BCUT2D eigenvalue weighted by Crippen LogP contribution is -2.18. The maximum Gasteiger partial charge on any atom is 0.143 e. The summed E-state index contributed by atoms with van der Waals surface area (Å²) in [5, 5.41) is 7.50. The number of nitrogens with zero attached hydrogens (tertiary/aromatic N) is 2. The van der Waals surface area contributed by atoms with Crippen molar-refractivity contribution in [1.82, 2.24) is 4.57 Å². The highest BCUT2D eigenvalue weighted by Gasteiger charge is 2.23. The fraction of sp³-hybridized carbons (Fsp3) is 0.0370. The fourth-order valence-corrected chi connectivity index (χ4v) is 10.5. The van der Waals surface area contributed by atoms with E-state index < -0.39 is 0 Å². The van der Waals surface area contributed by atoms with E-state index in [1.807, 2.05) is 17.4 Å². The molecule has 0 saturated carbocycles. The highest BCUT2D eigenvalue weighted by atomic mass is 32.1. The van der Waals surface area contributed by atoms with Crippen LogP contribution in [0.5, 0.6) is 0 Å². The first-order valence-electron chi connectivity index (χ1n) is 20.0. The molecule has 0 saturated heterocycles.